The van der Waals surface area contributed by atoms with Gasteiger partial charge in [-0.05, 0) is 38.7 Å². The maximum atomic E-state index is 13.4. The number of likely N-dealkylation sites (tertiary alicyclic amines) is 1. The number of hydrogen-bond acceptors (Lipinski definition) is 6. The van der Waals surface area contributed by atoms with E-state index < -0.39 is 18.2 Å². The lowest BCUT2D eigenvalue weighted by Crippen LogP contribution is -2.39. The van der Waals surface area contributed by atoms with Gasteiger partial charge in [0, 0.05) is 29.6 Å². The summed E-state index contributed by atoms with van der Waals surface area (Å²) in [6.07, 6.45) is 2.06. The average molecular weight is 499 g/mol. The Kier molecular flexibility index (Phi) is 7.96. The first-order valence-corrected chi connectivity index (χ1v) is 12.6. The van der Waals surface area contributed by atoms with Crippen molar-refractivity contribution in [3.8, 4) is 5.75 Å². The molecule has 1 aromatic heterocycles. The van der Waals surface area contributed by atoms with Gasteiger partial charge in [-0.2, -0.15) is 0 Å². The zero-order chi connectivity index (χ0) is 24.9. The summed E-state index contributed by atoms with van der Waals surface area (Å²) in [5, 5.41) is 5.40. The van der Waals surface area contributed by atoms with Crippen molar-refractivity contribution in [1.82, 2.24) is 10.1 Å². The lowest BCUT2D eigenvalue weighted by atomic mass is 10.0. The van der Waals surface area contributed by atoms with Gasteiger partial charge in [-0.1, -0.05) is 67.4 Å². The monoisotopic (exact) mass is 498 g/mol. The molecular weight excluding hydrogens is 468 g/mol. The molecule has 1 aliphatic heterocycles. The minimum Gasteiger partial charge on any atom is -0.472 e. The number of hydrogen-bond donors (Lipinski definition) is 0. The van der Waals surface area contributed by atoms with Gasteiger partial charge in [0.2, 0.25) is 6.10 Å². The standard InChI is InChI=1S/C27H31ClN2O5/c1-4-11-19-24-20(22(5-2)29-35-24)16-21(28)25(19)34-23(18-12-7-6-8-13-18)27(32)33-17(3)26(31)30-14-9-10-15-30/h6-8,12-13,16-17,23H,4-5,9-11,14-15H2,1-3H3/t17-,23?/m1/s1. The molecule has 0 bridgehead atoms. The summed E-state index contributed by atoms with van der Waals surface area (Å²) in [6.45, 7) is 7.02. The zero-order valence-electron chi connectivity index (χ0n) is 20.4. The van der Waals surface area contributed by atoms with Crippen molar-refractivity contribution in [2.75, 3.05) is 13.1 Å². The highest BCUT2D eigenvalue weighted by atomic mass is 35.5. The first-order chi connectivity index (χ1) is 16.9. The zero-order valence-corrected chi connectivity index (χ0v) is 21.1. The number of ether oxygens (including phenoxy) is 2. The summed E-state index contributed by atoms with van der Waals surface area (Å²) in [6, 6.07) is 10.8. The second-order valence-corrected chi connectivity index (χ2v) is 9.20. The van der Waals surface area contributed by atoms with E-state index in [2.05, 4.69) is 5.16 Å². The Morgan fingerprint density at radius 1 is 1.17 bits per heavy atom. The number of carbonyl (C=O) groups is 2. The van der Waals surface area contributed by atoms with E-state index >= 15 is 0 Å². The molecule has 1 fully saturated rings. The van der Waals surface area contributed by atoms with E-state index in [1.54, 1.807) is 30.0 Å². The highest BCUT2D eigenvalue weighted by molar-refractivity contribution is 6.33. The van der Waals surface area contributed by atoms with Crippen LogP contribution in [0.3, 0.4) is 0 Å². The van der Waals surface area contributed by atoms with Crippen molar-refractivity contribution in [3.63, 3.8) is 0 Å². The van der Waals surface area contributed by atoms with Gasteiger partial charge in [0.05, 0.1) is 10.7 Å². The van der Waals surface area contributed by atoms with E-state index in [9.17, 15) is 9.59 Å². The van der Waals surface area contributed by atoms with Gasteiger partial charge in [-0.3, -0.25) is 4.79 Å². The molecule has 1 saturated heterocycles. The van der Waals surface area contributed by atoms with Gasteiger partial charge < -0.3 is 18.9 Å². The normalized spacial score (nSPS) is 15.3. The maximum absolute atomic E-state index is 13.4. The summed E-state index contributed by atoms with van der Waals surface area (Å²) in [4.78, 5) is 27.8. The molecule has 0 radical (unpaired) electrons. The fraction of sp³-hybridized carbons (Fsp3) is 0.444. The molecule has 1 unspecified atom stereocenters. The molecule has 2 atom stereocenters. The Morgan fingerprint density at radius 3 is 2.54 bits per heavy atom. The molecule has 0 aliphatic carbocycles. The number of halogens is 1. The first kappa shape index (κ1) is 25.0. The number of benzene rings is 2. The van der Waals surface area contributed by atoms with Crippen molar-refractivity contribution in [3.05, 3.63) is 58.2 Å². The van der Waals surface area contributed by atoms with Crippen LogP contribution in [0.25, 0.3) is 11.0 Å². The quantitative estimate of drug-likeness (QED) is 0.353. The molecule has 2 heterocycles. The lowest BCUT2D eigenvalue weighted by molar-refractivity contribution is -0.164. The number of fused-ring (bicyclic) bond motifs is 1. The predicted octanol–water partition coefficient (Wildman–Crippen LogP) is 5.67. The molecule has 8 heteroatoms. The fourth-order valence-corrected chi connectivity index (χ4v) is 4.74. The molecule has 0 N–H and O–H groups in total. The van der Waals surface area contributed by atoms with Crippen molar-refractivity contribution in [2.24, 2.45) is 0 Å². The van der Waals surface area contributed by atoms with Crippen LogP contribution in [0.1, 0.15) is 63.0 Å². The van der Waals surface area contributed by atoms with Crippen LogP contribution in [0.2, 0.25) is 5.02 Å². The Labute approximate surface area is 210 Å². The van der Waals surface area contributed by atoms with Crippen molar-refractivity contribution in [1.29, 1.82) is 0 Å². The largest absolute Gasteiger partial charge is 0.472 e. The van der Waals surface area contributed by atoms with Gasteiger partial charge in [0.15, 0.2) is 11.7 Å². The van der Waals surface area contributed by atoms with E-state index in [1.807, 2.05) is 32.0 Å². The van der Waals surface area contributed by atoms with E-state index in [-0.39, 0.29) is 5.91 Å². The smallest absolute Gasteiger partial charge is 0.352 e. The molecule has 1 amide bonds. The van der Waals surface area contributed by atoms with Crippen LogP contribution in [-0.2, 0) is 27.2 Å². The van der Waals surface area contributed by atoms with E-state index in [0.29, 0.717) is 47.8 Å². The average Bonchev–Trinajstić information content (AvgIpc) is 3.54. The molecule has 7 nitrogen and oxygen atoms in total. The van der Waals surface area contributed by atoms with Gasteiger partial charge >= 0.3 is 5.97 Å². The Morgan fingerprint density at radius 2 is 1.89 bits per heavy atom. The number of esters is 1. The molecule has 186 valence electrons. The molecule has 0 saturated carbocycles. The van der Waals surface area contributed by atoms with Crippen LogP contribution >= 0.6 is 11.6 Å². The number of amides is 1. The van der Waals surface area contributed by atoms with Gasteiger partial charge in [-0.25, -0.2) is 4.79 Å². The molecule has 0 spiro atoms. The molecule has 35 heavy (non-hydrogen) atoms. The Bertz CT molecular complexity index is 1190. The molecular formula is C27H31ClN2O5. The summed E-state index contributed by atoms with van der Waals surface area (Å²) in [7, 11) is 0. The predicted molar refractivity (Wildman–Crippen MR) is 134 cm³/mol. The van der Waals surface area contributed by atoms with Gasteiger partial charge in [0.25, 0.3) is 5.91 Å². The Balaban J connectivity index is 1.68. The van der Waals surface area contributed by atoms with Crippen molar-refractivity contribution in [2.45, 2.75) is 65.1 Å². The third-order valence-electron chi connectivity index (χ3n) is 6.28. The lowest BCUT2D eigenvalue weighted by Gasteiger charge is -2.24. The highest BCUT2D eigenvalue weighted by Gasteiger charge is 2.32. The van der Waals surface area contributed by atoms with Crippen molar-refractivity contribution >= 4 is 34.4 Å². The van der Waals surface area contributed by atoms with Crippen LogP contribution in [0.5, 0.6) is 5.75 Å². The molecule has 2 aromatic carbocycles. The molecule has 3 aromatic rings. The fourth-order valence-electron chi connectivity index (χ4n) is 4.47. The minimum absolute atomic E-state index is 0.192. The molecule has 4 rings (SSSR count). The van der Waals surface area contributed by atoms with E-state index in [4.69, 9.17) is 25.6 Å². The topological polar surface area (TPSA) is 81.9 Å². The van der Waals surface area contributed by atoms with Gasteiger partial charge in [0.1, 0.15) is 5.75 Å². The third kappa shape index (κ3) is 5.30. The highest BCUT2D eigenvalue weighted by Crippen LogP contribution is 2.40. The molecule has 1 aliphatic rings. The first-order valence-electron chi connectivity index (χ1n) is 12.2. The number of aryl methyl sites for hydroxylation is 2. The Hall–Kier alpha value is -3.06. The number of nitrogens with zero attached hydrogens (tertiary/aromatic N) is 2. The number of rotatable bonds is 9. The van der Waals surface area contributed by atoms with Gasteiger partial charge in [-0.15, -0.1) is 0 Å². The van der Waals surface area contributed by atoms with Crippen LogP contribution in [0.15, 0.2) is 40.9 Å². The second kappa shape index (κ2) is 11.1. The number of carbonyl (C=O) groups excluding carboxylic acids is 2. The second-order valence-electron chi connectivity index (χ2n) is 8.80. The SMILES string of the molecule is CCCc1c(OC(C(=O)O[C@H](C)C(=O)N2CCCC2)c2ccccc2)c(Cl)cc2c(CC)noc12. The summed E-state index contributed by atoms with van der Waals surface area (Å²) >= 11 is 6.70. The number of aromatic nitrogens is 1. The maximum Gasteiger partial charge on any atom is 0.352 e. The van der Waals surface area contributed by atoms with E-state index in [1.165, 1.54) is 0 Å². The van der Waals surface area contributed by atoms with Crippen LogP contribution in [-0.4, -0.2) is 41.1 Å². The van der Waals surface area contributed by atoms with Crippen LogP contribution < -0.4 is 4.74 Å². The third-order valence-corrected chi connectivity index (χ3v) is 6.56. The summed E-state index contributed by atoms with van der Waals surface area (Å²) < 4.78 is 17.6. The van der Waals surface area contributed by atoms with Crippen LogP contribution in [0, 0.1) is 0 Å². The van der Waals surface area contributed by atoms with Crippen LogP contribution in [0.4, 0.5) is 0 Å². The van der Waals surface area contributed by atoms with E-state index in [0.717, 1.165) is 35.9 Å². The minimum atomic E-state index is -1.11. The summed E-state index contributed by atoms with van der Waals surface area (Å²) in [5.74, 6) is -0.478. The van der Waals surface area contributed by atoms with Crippen molar-refractivity contribution < 1.29 is 23.6 Å². The summed E-state index contributed by atoms with van der Waals surface area (Å²) in [5.41, 5.74) is 2.79.